The molecule has 7 heteroatoms. The van der Waals surface area contributed by atoms with Crippen LogP contribution in [0.2, 0.25) is 0 Å². The molecule has 30 heavy (non-hydrogen) atoms. The largest absolute Gasteiger partial charge is 0.378 e. The zero-order valence-corrected chi connectivity index (χ0v) is 18.0. The number of carbonyl (C=O) groups excluding carboxylic acids is 1. The van der Waals surface area contributed by atoms with E-state index in [2.05, 4.69) is 11.1 Å². The maximum absolute atomic E-state index is 12.9. The van der Waals surface area contributed by atoms with Crippen LogP contribution >= 0.6 is 0 Å². The molecule has 0 radical (unpaired) electrons. The molecule has 0 bridgehead atoms. The molecule has 2 aromatic rings. The van der Waals surface area contributed by atoms with E-state index in [1.165, 1.54) is 0 Å². The van der Waals surface area contributed by atoms with Crippen LogP contribution in [0.5, 0.6) is 0 Å². The fraction of sp³-hybridized carbons (Fsp3) is 0.565. The topological polar surface area (TPSA) is 71.5 Å². The summed E-state index contributed by atoms with van der Waals surface area (Å²) in [6.45, 7) is 2.32. The fourth-order valence-electron chi connectivity index (χ4n) is 4.26. The van der Waals surface area contributed by atoms with E-state index < -0.39 is 0 Å². The first-order chi connectivity index (χ1) is 14.6. The van der Waals surface area contributed by atoms with Crippen LogP contribution in [-0.4, -0.2) is 65.7 Å². The first-order valence-corrected chi connectivity index (χ1v) is 11.0. The van der Waals surface area contributed by atoms with Crippen molar-refractivity contribution in [1.82, 2.24) is 19.9 Å². The molecule has 0 aromatic carbocycles. The van der Waals surface area contributed by atoms with E-state index in [-0.39, 0.29) is 17.9 Å². The molecule has 0 saturated carbocycles. The third kappa shape index (κ3) is 4.95. The third-order valence-corrected chi connectivity index (χ3v) is 6.00. The van der Waals surface area contributed by atoms with Gasteiger partial charge in [0, 0.05) is 63.7 Å². The standard InChI is InChI=1S/C23H31N5O2/c1-27(2)21-15-20(25-23(26-21)17-8-10-24-11-9-17)18-6-5-12-28(16-18)22(29)14-19-7-3-4-13-30-19/h8-11,15,18-19H,3-7,12-14,16H2,1-2H3/t18-,19-/m0/s1. The molecule has 2 aromatic heterocycles. The van der Waals surface area contributed by atoms with Gasteiger partial charge in [-0.3, -0.25) is 9.78 Å². The Morgan fingerprint density at radius 2 is 2.00 bits per heavy atom. The monoisotopic (exact) mass is 409 g/mol. The molecule has 2 fully saturated rings. The lowest BCUT2D eigenvalue weighted by Gasteiger charge is -2.34. The number of pyridine rings is 1. The smallest absolute Gasteiger partial charge is 0.225 e. The highest BCUT2D eigenvalue weighted by molar-refractivity contribution is 5.77. The SMILES string of the molecule is CN(C)c1cc([C@H]2CCCN(C(=O)C[C@@H]3CCCCO3)C2)nc(-c2ccncc2)n1. The van der Waals surface area contributed by atoms with Gasteiger partial charge in [0.1, 0.15) is 5.82 Å². The lowest BCUT2D eigenvalue weighted by atomic mass is 9.93. The van der Waals surface area contributed by atoms with Crippen molar-refractivity contribution in [3.8, 4) is 11.4 Å². The second kappa shape index (κ2) is 9.51. The van der Waals surface area contributed by atoms with Crippen LogP contribution in [0.1, 0.15) is 50.1 Å². The van der Waals surface area contributed by atoms with Crippen molar-refractivity contribution < 1.29 is 9.53 Å². The van der Waals surface area contributed by atoms with E-state index in [0.717, 1.165) is 62.3 Å². The van der Waals surface area contributed by atoms with Crippen LogP contribution in [-0.2, 0) is 9.53 Å². The molecule has 2 atom stereocenters. The molecule has 0 aliphatic carbocycles. The average Bonchev–Trinajstić information content (AvgIpc) is 2.80. The summed E-state index contributed by atoms with van der Waals surface area (Å²) in [4.78, 5) is 30.6. The molecular weight excluding hydrogens is 378 g/mol. The Morgan fingerprint density at radius 3 is 2.73 bits per heavy atom. The van der Waals surface area contributed by atoms with Crippen molar-refractivity contribution in [2.75, 3.05) is 38.7 Å². The van der Waals surface area contributed by atoms with Crippen LogP contribution in [0.3, 0.4) is 0 Å². The normalized spacial score (nSPS) is 22.0. The molecule has 0 unspecified atom stereocenters. The van der Waals surface area contributed by atoms with Crippen molar-refractivity contribution >= 4 is 11.7 Å². The molecular formula is C23H31N5O2. The molecule has 1 amide bonds. The first-order valence-electron chi connectivity index (χ1n) is 11.0. The number of hydrogen-bond donors (Lipinski definition) is 0. The summed E-state index contributed by atoms with van der Waals surface area (Å²) >= 11 is 0. The second-order valence-corrected chi connectivity index (χ2v) is 8.48. The number of rotatable bonds is 5. The van der Waals surface area contributed by atoms with Gasteiger partial charge < -0.3 is 14.5 Å². The van der Waals surface area contributed by atoms with Crippen molar-refractivity contribution in [2.45, 2.75) is 50.5 Å². The average molecular weight is 410 g/mol. The van der Waals surface area contributed by atoms with Crippen molar-refractivity contribution in [1.29, 1.82) is 0 Å². The lowest BCUT2D eigenvalue weighted by molar-refractivity contribution is -0.136. The van der Waals surface area contributed by atoms with E-state index in [9.17, 15) is 4.79 Å². The first kappa shape index (κ1) is 20.7. The minimum atomic E-state index is 0.0873. The number of likely N-dealkylation sites (tertiary alicyclic amines) is 1. The summed E-state index contributed by atoms with van der Waals surface area (Å²) in [6.07, 6.45) is 9.40. The van der Waals surface area contributed by atoms with Gasteiger partial charge in [0.05, 0.1) is 18.2 Å². The Morgan fingerprint density at radius 1 is 1.17 bits per heavy atom. The Bertz CT molecular complexity index is 852. The minimum Gasteiger partial charge on any atom is -0.378 e. The summed E-state index contributed by atoms with van der Waals surface area (Å²) in [5.41, 5.74) is 1.96. The zero-order chi connectivity index (χ0) is 20.9. The van der Waals surface area contributed by atoms with Crippen LogP contribution in [0.25, 0.3) is 11.4 Å². The van der Waals surface area contributed by atoms with E-state index in [1.54, 1.807) is 12.4 Å². The summed E-state index contributed by atoms with van der Waals surface area (Å²) < 4.78 is 5.78. The Balaban J connectivity index is 1.52. The number of piperidine rings is 1. The zero-order valence-electron chi connectivity index (χ0n) is 18.0. The van der Waals surface area contributed by atoms with Crippen LogP contribution in [0.15, 0.2) is 30.6 Å². The molecule has 4 heterocycles. The predicted octanol–water partition coefficient (Wildman–Crippen LogP) is 3.27. The molecule has 2 aliphatic rings. The molecule has 2 saturated heterocycles. The number of nitrogens with zero attached hydrogens (tertiary/aromatic N) is 5. The summed E-state index contributed by atoms with van der Waals surface area (Å²) in [5.74, 6) is 2.02. The Kier molecular flexibility index (Phi) is 6.57. The van der Waals surface area contributed by atoms with Gasteiger partial charge in [0.25, 0.3) is 0 Å². The number of amides is 1. The number of anilines is 1. The fourth-order valence-corrected chi connectivity index (χ4v) is 4.26. The van der Waals surface area contributed by atoms with Crippen LogP contribution < -0.4 is 4.90 Å². The highest BCUT2D eigenvalue weighted by Crippen LogP contribution is 2.30. The van der Waals surface area contributed by atoms with Gasteiger partial charge >= 0.3 is 0 Å². The highest BCUT2D eigenvalue weighted by Gasteiger charge is 2.28. The predicted molar refractivity (Wildman–Crippen MR) is 116 cm³/mol. The highest BCUT2D eigenvalue weighted by atomic mass is 16.5. The maximum atomic E-state index is 12.9. The molecule has 2 aliphatic heterocycles. The van der Waals surface area contributed by atoms with Crippen LogP contribution in [0, 0.1) is 0 Å². The summed E-state index contributed by atoms with van der Waals surface area (Å²) in [5, 5.41) is 0. The van der Waals surface area contributed by atoms with Gasteiger partial charge in [-0.25, -0.2) is 9.97 Å². The number of aromatic nitrogens is 3. The van der Waals surface area contributed by atoms with Crippen molar-refractivity contribution in [3.05, 3.63) is 36.3 Å². The van der Waals surface area contributed by atoms with Crippen molar-refractivity contribution in [3.63, 3.8) is 0 Å². The van der Waals surface area contributed by atoms with Gasteiger partial charge in [0.15, 0.2) is 5.82 Å². The number of carbonyl (C=O) groups is 1. The quantitative estimate of drug-likeness (QED) is 0.755. The summed E-state index contributed by atoms with van der Waals surface area (Å²) in [7, 11) is 3.98. The van der Waals surface area contributed by atoms with Crippen molar-refractivity contribution in [2.24, 2.45) is 0 Å². The van der Waals surface area contributed by atoms with E-state index in [4.69, 9.17) is 14.7 Å². The molecule has 4 rings (SSSR count). The minimum absolute atomic E-state index is 0.0873. The third-order valence-electron chi connectivity index (χ3n) is 6.00. The second-order valence-electron chi connectivity index (χ2n) is 8.48. The van der Waals surface area contributed by atoms with Crippen LogP contribution in [0.4, 0.5) is 5.82 Å². The number of ether oxygens (including phenoxy) is 1. The van der Waals surface area contributed by atoms with Gasteiger partial charge in [-0.1, -0.05) is 0 Å². The molecule has 7 nitrogen and oxygen atoms in total. The molecule has 160 valence electrons. The Hall–Kier alpha value is -2.54. The van der Waals surface area contributed by atoms with E-state index >= 15 is 0 Å². The van der Waals surface area contributed by atoms with E-state index in [1.807, 2.05) is 36.0 Å². The summed E-state index contributed by atoms with van der Waals surface area (Å²) in [6, 6.07) is 5.92. The maximum Gasteiger partial charge on any atom is 0.225 e. The van der Waals surface area contributed by atoms with Gasteiger partial charge in [-0.2, -0.15) is 0 Å². The van der Waals surface area contributed by atoms with Gasteiger partial charge in [-0.15, -0.1) is 0 Å². The Labute approximate surface area is 178 Å². The lowest BCUT2D eigenvalue weighted by Crippen LogP contribution is -2.41. The van der Waals surface area contributed by atoms with E-state index in [0.29, 0.717) is 18.8 Å². The molecule has 0 spiro atoms. The van der Waals surface area contributed by atoms with Gasteiger partial charge in [0.2, 0.25) is 5.91 Å². The number of hydrogen-bond acceptors (Lipinski definition) is 6. The van der Waals surface area contributed by atoms with Gasteiger partial charge in [-0.05, 0) is 44.2 Å². The molecule has 0 N–H and O–H groups in total.